The topological polar surface area (TPSA) is 74.5 Å². The van der Waals surface area contributed by atoms with Crippen molar-refractivity contribution in [2.24, 2.45) is 0 Å². The quantitative estimate of drug-likeness (QED) is 0.583. The third-order valence-corrected chi connectivity index (χ3v) is 3.46. The van der Waals surface area contributed by atoms with Crippen molar-refractivity contribution in [3.05, 3.63) is 65.0 Å². The largest absolute Gasteiger partial charge is 0.573 e. The SMILES string of the molecule is O=C(OCc1nnc(-c2ccc(Cl)cc2)o1)c1ccc(OC(F)(F)F)cc1. The van der Waals surface area contributed by atoms with E-state index in [4.69, 9.17) is 20.8 Å². The number of hydrogen-bond acceptors (Lipinski definition) is 6. The summed E-state index contributed by atoms with van der Waals surface area (Å²) in [7, 11) is 0. The monoisotopic (exact) mass is 398 g/mol. The predicted octanol–water partition coefficient (Wildman–Crippen LogP) is 4.65. The number of aromatic nitrogens is 2. The number of ether oxygens (including phenoxy) is 2. The number of rotatable bonds is 5. The number of esters is 1. The summed E-state index contributed by atoms with van der Waals surface area (Å²) in [6.07, 6.45) is -4.80. The van der Waals surface area contributed by atoms with Gasteiger partial charge in [-0.15, -0.1) is 23.4 Å². The Kier molecular flexibility index (Phi) is 5.31. The summed E-state index contributed by atoms with van der Waals surface area (Å²) in [4.78, 5) is 11.9. The predicted molar refractivity (Wildman–Crippen MR) is 87.0 cm³/mol. The number of alkyl halides is 3. The minimum atomic E-state index is -4.80. The lowest BCUT2D eigenvalue weighted by molar-refractivity contribution is -0.274. The summed E-state index contributed by atoms with van der Waals surface area (Å²) in [5, 5.41) is 8.16. The summed E-state index contributed by atoms with van der Waals surface area (Å²) in [6, 6.07) is 11.0. The molecule has 1 aromatic heterocycles. The molecule has 0 saturated carbocycles. The first-order chi connectivity index (χ1) is 12.8. The Morgan fingerprint density at radius 3 is 2.33 bits per heavy atom. The Morgan fingerprint density at radius 1 is 1.04 bits per heavy atom. The van der Waals surface area contributed by atoms with Crippen LogP contribution >= 0.6 is 11.6 Å². The van der Waals surface area contributed by atoms with E-state index in [0.717, 1.165) is 24.3 Å². The van der Waals surface area contributed by atoms with E-state index in [1.165, 1.54) is 0 Å². The minimum absolute atomic E-state index is 0.0435. The van der Waals surface area contributed by atoms with Crippen LogP contribution in [0.2, 0.25) is 5.02 Å². The summed E-state index contributed by atoms with van der Waals surface area (Å²) >= 11 is 5.80. The van der Waals surface area contributed by atoms with Gasteiger partial charge in [0.2, 0.25) is 5.89 Å². The van der Waals surface area contributed by atoms with Gasteiger partial charge >= 0.3 is 12.3 Å². The molecule has 0 atom stereocenters. The van der Waals surface area contributed by atoms with E-state index in [0.29, 0.717) is 10.6 Å². The maximum atomic E-state index is 12.1. The van der Waals surface area contributed by atoms with Crippen LogP contribution in [0.15, 0.2) is 52.9 Å². The fraction of sp³-hybridized carbons (Fsp3) is 0.118. The molecule has 1 heterocycles. The molecule has 0 fully saturated rings. The van der Waals surface area contributed by atoms with Crippen molar-refractivity contribution in [1.82, 2.24) is 10.2 Å². The van der Waals surface area contributed by atoms with E-state index in [1.54, 1.807) is 24.3 Å². The number of nitrogens with zero attached hydrogens (tertiary/aromatic N) is 2. The maximum Gasteiger partial charge on any atom is 0.573 e. The molecule has 2 aromatic carbocycles. The van der Waals surface area contributed by atoms with Gasteiger partial charge < -0.3 is 13.9 Å². The highest BCUT2D eigenvalue weighted by atomic mass is 35.5. The van der Waals surface area contributed by atoms with Crippen LogP contribution in [0.25, 0.3) is 11.5 Å². The molecule has 0 spiro atoms. The van der Waals surface area contributed by atoms with Gasteiger partial charge in [0.25, 0.3) is 5.89 Å². The van der Waals surface area contributed by atoms with Gasteiger partial charge in [-0.1, -0.05) is 11.6 Å². The highest BCUT2D eigenvalue weighted by Gasteiger charge is 2.31. The summed E-state index contributed by atoms with van der Waals surface area (Å²) in [5.74, 6) is -0.917. The summed E-state index contributed by atoms with van der Waals surface area (Å²) in [5.41, 5.74) is 0.687. The molecule has 0 bridgehead atoms. The van der Waals surface area contributed by atoms with Gasteiger partial charge in [0, 0.05) is 10.6 Å². The molecule has 0 aliphatic heterocycles. The van der Waals surface area contributed by atoms with Crippen LogP contribution in [0.5, 0.6) is 5.75 Å². The minimum Gasteiger partial charge on any atom is -0.452 e. The first-order valence-electron chi connectivity index (χ1n) is 7.41. The van der Waals surface area contributed by atoms with Crippen molar-refractivity contribution < 1.29 is 31.9 Å². The molecule has 0 N–H and O–H groups in total. The number of carbonyl (C=O) groups is 1. The summed E-state index contributed by atoms with van der Waals surface area (Å²) in [6.45, 7) is -0.291. The molecule has 0 unspecified atom stereocenters. The second kappa shape index (κ2) is 7.67. The molecule has 0 saturated heterocycles. The fourth-order valence-electron chi connectivity index (χ4n) is 2.02. The van der Waals surface area contributed by atoms with Crippen molar-refractivity contribution in [2.45, 2.75) is 13.0 Å². The van der Waals surface area contributed by atoms with Gasteiger partial charge in [-0.2, -0.15) is 0 Å². The van der Waals surface area contributed by atoms with Crippen LogP contribution in [0.3, 0.4) is 0 Å². The molecule has 0 amide bonds. The molecule has 140 valence electrons. The van der Waals surface area contributed by atoms with Crippen molar-refractivity contribution >= 4 is 17.6 Å². The Hall–Kier alpha value is -3.07. The number of benzene rings is 2. The van der Waals surface area contributed by atoms with Crippen molar-refractivity contribution in [3.8, 4) is 17.2 Å². The molecular weight excluding hydrogens is 389 g/mol. The van der Waals surface area contributed by atoms with E-state index < -0.39 is 18.1 Å². The Morgan fingerprint density at radius 2 is 1.70 bits per heavy atom. The second-order valence-electron chi connectivity index (χ2n) is 5.16. The lowest BCUT2D eigenvalue weighted by Crippen LogP contribution is -2.17. The van der Waals surface area contributed by atoms with E-state index in [1.807, 2.05) is 0 Å². The van der Waals surface area contributed by atoms with Crippen LogP contribution in [0, 0.1) is 0 Å². The van der Waals surface area contributed by atoms with E-state index in [-0.39, 0.29) is 24.0 Å². The number of carbonyl (C=O) groups excluding carboxylic acids is 1. The number of halogens is 4. The highest BCUT2D eigenvalue weighted by molar-refractivity contribution is 6.30. The maximum absolute atomic E-state index is 12.1. The van der Waals surface area contributed by atoms with Crippen molar-refractivity contribution in [1.29, 1.82) is 0 Å². The van der Waals surface area contributed by atoms with Crippen LogP contribution in [-0.4, -0.2) is 22.5 Å². The normalized spacial score (nSPS) is 11.3. The van der Waals surface area contributed by atoms with Crippen LogP contribution in [0.4, 0.5) is 13.2 Å². The van der Waals surface area contributed by atoms with Gasteiger partial charge in [0.15, 0.2) is 6.61 Å². The molecular formula is C17H10ClF3N2O4. The average molecular weight is 399 g/mol. The van der Waals surface area contributed by atoms with Crippen LogP contribution in [0.1, 0.15) is 16.2 Å². The van der Waals surface area contributed by atoms with E-state index in [9.17, 15) is 18.0 Å². The summed E-state index contributed by atoms with van der Waals surface area (Å²) < 4.78 is 50.4. The highest BCUT2D eigenvalue weighted by Crippen LogP contribution is 2.23. The molecule has 10 heteroatoms. The zero-order valence-electron chi connectivity index (χ0n) is 13.4. The van der Waals surface area contributed by atoms with Crippen molar-refractivity contribution in [2.75, 3.05) is 0 Å². The van der Waals surface area contributed by atoms with Crippen LogP contribution < -0.4 is 4.74 Å². The fourth-order valence-corrected chi connectivity index (χ4v) is 2.15. The third-order valence-electron chi connectivity index (χ3n) is 3.21. The smallest absolute Gasteiger partial charge is 0.452 e. The van der Waals surface area contributed by atoms with E-state index >= 15 is 0 Å². The van der Waals surface area contributed by atoms with E-state index in [2.05, 4.69) is 14.9 Å². The van der Waals surface area contributed by atoms with Gasteiger partial charge in [0.1, 0.15) is 5.75 Å². The Balaban J connectivity index is 1.58. The van der Waals surface area contributed by atoms with Gasteiger partial charge in [-0.25, -0.2) is 4.79 Å². The molecule has 6 nitrogen and oxygen atoms in total. The third kappa shape index (κ3) is 5.20. The lowest BCUT2D eigenvalue weighted by Gasteiger charge is -2.09. The standard InChI is InChI=1S/C17H10ClF3N2O4/c18-12-5-1-10(2-6-12)15-23-22-14(26-15)9-25-16(24)11-3-7-13(8-4-11)27-17(19,20)21/h1-8H,9H2. The molecule has 3 aromatic rings. The van der Waals surface area contributed by atoms with Gasteiger partial charge in [0.05, 0.1) is 5.56 Å². The van der Waals surface area contributed by atoms with Gasteiger partial charge in [-0.3, -0.25) is 0 Å². The van der Waals surface area contributed by atoms with Gasteiger partial charge in [-0.05, 0) is 48.5 Å². The molecule has 27 heavy (non-hydrogen) atoms. The molecule has 0 aliphatic carbocycles. The first kappa shape index (κ1) is 18.7. The molecule has 0 radical (unpaired) electrons. The Bertz CT molecular complexity index is 925. The lowest BCUT2D eigenvalue weighted by atomic mass is 10.2. The average Bonchev–Trinajstić information content (AvgIpc) is 3.08. The first-order valence-corrected chi connectivity index (χ1v) is 7.79. The zero-order chi connectivity index (χ0) is 19.4. The Labute approximate surface area is 155 Å². The number of hydrogen-bond donors (Lipinski definition) is 0. The van der Waals surface area contributed by atoms with Crippen LogP contribution in [-0.2, 0) is 11.3 Å². The van der Waals surface area contributed by atoms with Crippen molar-refractivity contribution in [3.63, 3.8) is 0 Å². The second-order valence-corrected chi connectivity index (χ2v) is 5.59. The molecule has 3 rings (SSSR count). The molecule has 0 aliphatic rings. The zero-order valence-corrected chi connectivity index (χ0v) is 14.1.